The van der Waals surface area contributed by atoms with Crippen molar-refractivity contribution in [1.82, 2.24) is 4.72 Å². The number of halogens is 1. The van der Waals surface area contributed by atoms with E-state index in [1.807, 2.05) is 0 Å². The summed E-state index contributed by atoms with van der Waals surface area (Å²) in [6.45, 7) is 4.90. The Morgan fingerprint density at radius 3 is 2.38 bits per heavy atom. The summed E-state index contributed by atoms with van der Waals surface area (Å²) in [6.07, 6.45) is 0. The van der Waals surface area contributed by atoms with Crippen LogP contribution >= 0.6 is 11.6 Å². The number of carboxylic acids is 1. The quantitative estimate of drug-likeness (QED) is 0.859. The highest BCUT2D eigenvalue weighted by Gasteiger charge is 2.36. The van der Waals surface area contributed by atoms with Crippen LogP contribution in [0.4, 0.5) is 0 Å². The molecule has 8 heteroatoms. The van der Waals surface area contributed by atoms with Gasteiger partial charge in [-0.05, 0) is 17.5 Å². The van der Waals surface area contributed by atoms with Crippen LogP contribution in [-0.4, -0.2) is 32.6 Å². The molecular formula is C13H18ClNO5S. The van der Waals surface area contributed by atoms with Gasteiger partial charge >= 0.3 is 5.97 Å². The summed E-state index contributed by atoms with van der Waals surface area (Å²) in [5.41, 5.74) is -0.793. The second kappa shape index (κ2) is 6.21. The van der Waals surface area contributed by atoms with Crippen LogP contribution in [0.1, 0.15) is 20.8 Å². The molecule has 0 saturated carbocycles. The molecule has 0 aromatic heterocycles. The molecule has 0 bridgehead atoms. The Labute approximate surface area is 129 Å². The average molecular weight is 336 g/mol. The highest BCUT2D eigenvalue weighted by atomic mass is 35.5. The van der Waals surface area contributed by atoms with E-state index in [0.29, 0.717) is 5.02 Å². The van der Waals surface area contributed by atoms with Gasteiger partial charge < -0.3 is 9.84 Å². The SMILES string of the molecule is COc1cc(Cl)ccc1S(=O)(=O)NC(C(=O)O)C(C)(C)C. The zero-order valence-electron chi connectivity index (χ0n) is 12.2. The molecule has 1 aromatic carbocycles. The first-order valence-corrected chi connectivity index (χ1v) is 7.94. The topological polar surface area (TPSA) is 92.7 Å². The third-order valence-corrected chi connectivity index (χ3v) is 4.50. The molecule has 2 N–H and O–H groups in total. The lowest BCUT2D eigenvalue weighted by Gasteiger charge is -2.27. The molecular weight excluding hydrogens is 318 g/mol. The number of hydrogen-bond donors (Lipinski definition) is 2. The predicted octanol–water partition coefficient (Wildman–Crippen LogP) is 2.13. The van der Waals surface area contributed by atoms with Crippen molar-refractivity contribution < 1.29 is 23.1 Å². The molecule has 1 atom stereocenters. The van der Waals surface area contributed by atoms with Gasteiger partial charge in [-0.15, -0.1) is 0 Å². The normalized spacial score (nSPS) is 13.8. The molecule has 0 aliphatic rings. The fourth-order valence-electron chi connectivity index (χ4n) is 1.68. The maximum atomic E-state index is 12.4. The van der Waals surface area contributed by atoms with Crippen molar-refractivity contribution in [2.45, 2.75) is 31.7 Å². The fraction of sp³-hybridized carbons (Fsp3) is 0.462. The molecule has 0 fully saturated rings. The molecule has 1 rings (SSSR count). The molecule has 118 valence electrons. The first-order valence-electron chi connectivity index (χ1n) is 6.07. The number of benzene rings is 1. The fourth-order valence-corrected chi connectivity index (χ4v) is 3.39. The van der Waals surface area contributed by atoms with Crippen LogP contribution in [0.25, 0.3) is 0 Å². The number of rotatable bonds is 5. The Morgan fingerprint density at radius 2 is 1.95 bits per heavy atom. The first kappa shape index (κ1) is 17.7. The smallest absolute Gasteiger partial charge is 0.322 e. The van der Waals surface area contributed by atoms with E-state index in [1.54, 1.807) is 20.8 Å². The maximum absolute atomic E-state index is 12.4. The van der Waals surface area contributed by atoms with Gasteiger partial charge in [0, 0.05) is 11.1 Å². The third-order valence-electron chi connectivity index (χ3n) is 2.80. The molecule has 1 unspecified atom stereocenters. The van der Waals surface area contributed by atoms with Crippen molar-refractivity contribution in [3.05, 3.63) is 23.2 Å². The van der Waals surface area contributed by atoms with Crippen molar-refractivity contribution in [2.24, 2.45) is 5.41 Å². The lowest BCUT2D eigenvalue weighted by atomic mass is 9.88. The molecule has 0 amide bonds. The van der Waals surface area contributed by atoms with Crippen molar-refractivity contribution >= 4 is 27.6 Å². The number of methoxy groups -OCH3 is 1. The molecule has 0 heterocycles. The first-order chi connectivity index (χ1) is 9.49. The van der Waals surface area contributed by atoms with Crippen LogP contribution in [0, 0.1) is 5.41 Å². The van der Waals surface area contributed by atoms with Gasteiger partial charge in [0.15, 0.2) is 0 Å². The minimum atomic E-state index is -4.06. The van der Waals surface area contributed by atoms with Crippen LogP contribution in [-0.2, 0) is 14.8 Å². The van der Waals surface area contributed by atoms with E-state index in [9.17, 15) is 18.3 Å². The molecule has 1 aromatic rings. The van der Waals surface area contributed by atoms with Crippen LogP contribution in [0.3, 0.4) is 0 Å². The second-order valence-corrected chi connectivity index (χ2v) is 7.67. The van der Waals surface area contributed by atoms with E-state index >= 15 is 0 Å². The van der Waals surface area contributed by atoms with Crippen LogP contribution in [0.2, 0.25) is 5.02 Å². The number of aliphatic carboxylic acids is 1. The van der Waals surface area contributed by atoms with E-state index in [0.717, 1.165) is 0 Å². The number of nitrogens with one attached hydrogen (secondary N) is 1. The molecule has 0 saturated heterocycles. The Kier molecular flexibility index (Phi) is 5.25. The van der Waals surface area contributed by atoms with E-state index in [-0.39, 0.29) is 10.6 Å². The third kappa shape index (κ3) is 4.33. The minimum absolute atomic E-state index is 0.0491. The Balaban J connectivity index is 3.26. The number of carboxylic acid groups (broad SMARTS) is 1. The summed E-state index contributed by atoms with van der Waals surface area (Å²) >= 11 is 5.79. The lowest BCUT2D eigenvalue weighted by molar-refractivity contribution is -0.141. The summed E-state index contributed by atoms with van der Waals surface area (Å²) in [7, 11) is -2.75. The Bertz CT molecular complexity index is 636. The Hall–Kier alpha value is -1.31. The van der Waals surface area contributed by atoms with Gasteiger partial charge in [-0.25, -0.2) is 8.42 Å². The second-order valence-electron chi connectivity index (χ2n) is 5.55. The molecule has 0 radical (unpaired) electrons. The van der Waals surface area contributed by atoms with E-state index in [4.69, 9.17) is 16.3 Å². The maximum Gasteiger partial charge on any atom is 0.322 e. The minimum Gasteiger partial charge on any atom is -0.495 e. The van der Waals surface area contributed by atoms with Crippen LogP contribution in [0.5, 0.6) is 5.75 Å². The van der Waals surface area contributed by atoms with E-state index in [2.05, 4.69) is 4.72 Å². The van der Waals surface area contributed by atoms with Gasteiger partial charge in [0.05, 0.1) is 7.11 Å². The van der Waals surface area contributed by atoms with Crippen molar-refractivity contribution in [2.75, 3.05) is 7.11 Å². The largest absolute Gasteiger partial charge is 0.495 e. The zero-order valence-corrected chi connectivity index (χ0v) is 13.7. The van der Waals surface area contributed by atoms with Gasteiger partial charge in [0.2, 0.25) is 10.0 Å². The van der Waals surface area contributed by atoms with Gasteiger partial charge in [0.25, 0.3) is 0 Å². The number of hydrogen-bond acceptors (Lipinski definition) is 4. The molecule has 21 heavy (non-hydrogen) atoms. The van der Waals surface area contributed by atoms with Gasteiger partial charge in [0.1, 0.15) is 16.7 Å². The van der Waals surface area contributed by atoms with Gasteiger partial charge in [-0.3, -0.25) is 4.79 Å². The van der Waals surface area contributed by atoms with Crippen molar-refractivity contribution in [3.8, 4) is 5.75 Å². The molecule has 0 aliphatic heterocycles. The number of ether oxygens (including phenoxy) is 1. The van der Waals surface area contributed by atoms with Gasteiger partial charge in [-0.2, -0.15) is 4.72 Å². The zero-order chi connectivity index (χ0) is 16.4. The molecule has 6 nitrogen and oxygen atoms in total. The standard InChI is InChI=1S/C13H18ClNO5S/c1-13(2,3)11(12(16)17)15-21(18,19)10-6-5-8(14)7-9(10)20-4/h5-7,11,15H,1-4H3,(H,16,17). The monoisotopic (exact) mass is 335 g/mol. The predicted molar refractivity (Wildman–Crippen MR) is 79.2 cm³/mol. The van der Waals surface area contributed by atoms with E-state index < -0.39 is 27.4 Å². The summed E-state index contributed by atoms with van der Waals surface area (Å²) in [6, 6.07) is 2.74. The lowest BCUT2D eigenvalue weighted by Crippen LogP contribution is -2.48. The average Bonchev–Trinajstić information content (AvgIpc) is 2.33. The van der Waals surface area contributed by atoms with Crippen molar-refractivity contribution in [3.63, 3.8) is 0 Å². The highest BCUT2D eigenvalue weighted by Crippen LogP contribution is 2.29. The summed E-state index contributed by atoms with van der Waals surface area (Å²) in [5.74, 6) is -1.20. The molecule has 0 aliphatic carbocycles. The highest BCUT2D eigenvalue weighted by molar-refractivity contribution is 7.89. The summed E-state index contributed by atoms with van der Waals surface area (Å²) in [4.78, 5) is 11.1. The van der Waals surface area contributed by atoms with Gasteiger partial charge in [-0.1, -0.05) is 32.4 Å². The summed E-state index contributed by atoms with van der Waals surface area (Å²) < 4.78 is 32.0. The Morgan fingerprint density at radius 1 is 1.38 bits per heavy atom. The van der Waals surface area contributed by atoms with Crippen LogP contribution in [0.15, 0.2) is 23.1 Å². The number of sulfonamides is 1. The summed E-state index contributed by atoms with van der Waals surface area (Å²) in [5, 5.41) is 9.53. The molecule has 0 spiro atoms. The van der Waals surface area contributed by atoms with Crippen LogP contribution < -0.4 is 9.46 Å². The van der Waals surface area contributed by atoms with E-state index in [1.165, 1.54) is 25.3 Å². The number of carbonyl (C=O) groups is 1. The van der Waals surface area contributed by atoms with Crippen molar-refractivity contribution in [1.29, 1.82) is 0 Å².